The highest BCUT2D eigenvalue weighted by atomic mass is 16.3. The highest BCUT2D eigenvalue weighted by molar-refractivity contribution is 4.72. The SMILES string of the molecule is CC1NCC(O)CN1. The number of nitrogens with one attached hydrogen (secondary N) is 2. The van der Waals surface area contributed by atoms with E-state index in [2.05, 4.69) is 10.6 Å². The van der Waals surface area contributed by atoms with Crippen LogP contribution in [0.25, 0.3) is 0 Å². The van der Waals surface area contributed by atoms with Crippen LogP contribution in [-0.4, -0.2) is 30.5 Å². The molecule has 0 bridgehead atoms. The number of aliphatic hydroxyl groups excluding tert-OH is 1. The molecule has 0 aromatic heterocycles. The van der Waals surface area contributed by atoms with Gasteiger partial charge in [-0.1, -0.05) is 0 Å². The van der Waals surface area contributed by atoms with Gasteiger partial charge in [-0.2, -0.15) is 0 Å². The number of hydrogen-bond donors (Lipinski definition) is 3. The third-order valence-electron chi connectivity index (χ3n) is 1.32. The Morgan fingerprint density at radius 1 is 1.38 bits per heavy atom. The summed E-state index contributed by atoms with van der Waals surface area (Å²) in [5.74, 6) is 0. The Balaban J connectivity index is 2.19. The summed E-state index contributed by atoms with van der Waals surface area (Å²) in [6.45, 7) is 3.47. The molecule has 3 N–H and O–H groups in total. The van der Waals surface area contributed by atoms with E-state index in [1.807, 2.05) is 6.92 Å². The first-order valence-corrected chi connectivity index (χ1v) is 2.94. The van der Waals surface area contributed by atoms with Gasteiger partial charge in [0, 0.05) is 13.1 Å². The summed E-state index contributed by atoms with van der Waals surface area (Å²) in [5.41, 5.74) is 0. The zero-order valence-electron chi connectivity index (χ0n) is 5.02. The first-order valence-electron chi connectivity index (χ1n) is 2.94. The van der Waals surface area contributed by atoms with Gasteiger partial charge < -0.3 is 5.11 Å². The summed E-state index contributed by atoms with van der Waals surface area (Å²) in [6, 6.07) is 0. The Kier molecular flexibility index (Phi) is 1.83. The van der Waals surface area contributed by atoms with Crippen molar-refractivity contribution in [3.8, 4) is 0 Å². The van der Waals surface area contributed by atoms with Crippen LogP contribution < -0.4 is 10.6 Å². The first-order chi connectivity index (χ1) is 3.79. The quantitative estimate of drug-likeness (QED) is 0.376. The van der Waals surface area contributed by atoms with Crippen LogP contribution in [0.2, 0.25) is 0 Å². The van der Waals surface area contributed by atoms with Crippen molar-refractivity contribution in [3.63, 3.8) is 0 Å². The van der Waals surface area contributed by atoms with Gasteiger partial charge in [-0.05, 0) is 6.92 Å². The van der Waals surface area contributed by atoms with Crippen LogP contribution in [0, 0.1) is 0 Å². The van der Waals surface area contributed by atoms with Crippen LogP contribution in [0.3, 0.4) is 0 Å². The minimum atomic E-state index is -0.203. The predicted octanol–water partition coefficient (Wildman–Crippen LogP) is -1.11. The largest absolute Gasteiger partial charge is 0.390 e. The Morgan fingerprint density at radius 3 is 2.25 bits per heavy atom. The minimum Gasteiger partial charge on any atom is -0.390 e. The maximum absolute atomic E-state index is 8.90. The van der Waals surface area contributed by atoms with Gasteiger partial charge in [-0.15, -0.1) is 0 Å². The molecule has 3 heteroatoms. The second kappa shape index (κ2) is 2.44. The molecule has 1 fully saturated rings. The van der Waals surface area contributed by atoms with E-state index in [1.54, 1.807) is 0 Å². The lowest BCUT2D eigenvalue weighted by atomic mass is 10.3. The van der Waals surface area contributed by atoms with E-state index in [9.17, 15) is 0 Å². The highest BCUT2D eigenvalue weighted by Crippen LogP contribution is 1.87. The summed E-state index contributed by atoms with van der Waals surface area (Å²) >= 11 is 0. The third-order valence-corrected chi connectivity index (χ3v) is 1.32. The average Bonchev–Trinajstić information content (AvgIpc) is 1.77. The summed E-state index contributed by atoms with van der Waals surface area (Å²) in [6.07, 6.45) is 0.157. The van der Waals surface area contributed by atoms with Crippen molar-refractivity contribution < 1.29 is 5.11 Å². The summed E-state index contributed by atoms with van der Waals surface area (Å²) in [7, 11) is 0. The fourth-order valence-electron chi connectivity index (χ4n) is 0.770. The van der Waals surface area contributed by atoms with Crippen LogP contribution in [0.5, 0.6) is 0 Å². The van der Waals surface area contributed by atoms with Crippen LogP contribution in [-0.2, 0) is 0 Å². The molecule has 1 aliphatic heterocycles. The van der Waals surface area contributed by atoms with Gasteiger partial charge in [-0.3, -0.25) is 10.6 Å². The number of β-amino-alcohol motifs (C(OH)–C–C–N with tert-alkyl or cyclic N) is 1. The normalized spacial score (nSPS) is 39.8. The summed E-state index contributed by atoms with van der Waals surface area (Å²) in [5, 5.41) is 15.0. The standard InChI is InChI=1S/C5H12N2O/c1-4-6-2-5(8)3-7-4/h4-8H,2-3H2,1H3. The lowest BCUT2D eigenvalue weighted by Gasteiger charge is -2.25. The zero-order valence-corrected chi connectivity index (χ0v) is 5.02. The number of hydrogen-bond acceptors (Lipinski definition) is 3. The van der Waals surface area contributed by atoms with Gasteiger partial charge in [0.1, 0.15) is 0 Å². The van der Waals surface area contributed by atoms with Gasteiger partial charge in [0.05, 0.1) is 12.3 Å². The first kappa shape index (κ1) is 6.01. The van der Waals surface area contributed by atoms with Gasteiger partial charge in [-0.25, -0.2) is 0 Å². The maximum atomic E-state index is 8.90. The maximum Gasteiger partial charge on any atom is 0.0789 e. The van der Waals surface area contributed by atoms with Gasteiger partial charge in [0.15, 0.2) is 0 Å². The van der Waals surface area contributed by atoms with Gasteiger partial charge in [0.2, 0.25) is 0 Å². The molecule has 0 aromatic carbocycles. The van der Waals surface area contributed by atoms with Gasteiger partial charge >= 0.3 is 0 Å². The molecule has 3 nitrogen and oxygen atoms in total. The van der Waals surface area contributed by atoms with E-state index in [0.717, 1.165) is 0 Å². The monoisotopic (exact) mass is 116 g/mol. The molecule has 0 unspecified atom stereocenters. The van der Waals surface area contributed by atoms with E-state index in [0.29, 0.717) is 19.3 Å². The summed E-state index contributed by atoms with van der Waals surface area (Å²) in [4.78, 5) is 0. The van der Waals surface area contributed by atoms with Crippen LogP contribution >= 0.6 is 0 Å². The van der Waals surface area contributed by atoms with E-state index in [1.165, 1.54) is 0 Å². The topological polar surface area (TPSA) is 44.3 Å². The molecule has 0 saturated carbocycles. The van der Waals surface area contributed by atoms with E-state index in [-0.39, 0.29) is 6.10 Å². The van der Waals surface area contributed by atoms with Crippen LogP contribution in [0.15, 0.2) is 0 Å². The highest BCUT2D eigenvalue weighted by Gasteiger charge is 2.12. The molecule has 1 rings (SSSR count). The molecular formula is C5H12N2O. The molecule has 8 heavy (non-hydrogen) atoms. The number of aliphatic hydroxyl groups is 1. The Morgan fingerprint density at radius 2 is 1.88 bits per heavy atom. The molecule has 1 heterocycles. The average molecular weight is 116 g/mol. The lowest BCUT2D eigenvalue weighted by Crippen LogP contribution is -2.53. The van der Waals surface area contributed by atoms with E-state index < -0.39 is 0 Å². The van der Waals surface area contributed by atoms with Crippen LogP contribution in [0.1, 0.15) is 6.92 Å². The molecule has 1 aliphatic rings. The molecule has 0 aromatic rings. The van der Waals surface area contributed by atoms with Crippen molar-refractivity contribution in [2.45, 2.75) is 19.2 Å². The fourth-order valence-corrected chi connectivity index (χ4v) is 0.770. The smallest absolute Gasteiger partial charge is 0.0789 e. The zero-order chi connectivity index (χ0) is 5.98. The Bertz CT molecular complexity index is 58.8. The Labute approximate surface area is 49.1 Å². The van der Waals surface area contributed by atoms with Gasteiger partial charge in [0.25, 0.3) is 0 Å². The van der Waals surface area contributed by atoms with E-state index in [4.69, 9.17) is 5.11 Å². The molecule has 48 valence electrons. The molecule has 0 atom stereocenters. The van der Waals surface area contributed by atoms with Crippen molar-refractivity contribution in [1.29, 1.82) is 0 Å². The lowest BCUT2D eigenvalue weighted by molar-refractivity contribution is 0.132. The minimum absolute atomic E-state index is 0.203. The van der Waals surface area contributed by atoms with Crippen molar-refractivity contribution in [3.05, 3.63) is 0 Å². The summed E-state index contributed by atoms with van der Waals surface area (Å²) < 4.78 is 0. The molecular weight excluding hydrogens is 104 g/mol. The third kappa shape index (κ3) is 1.43. The number of rotatable bonds is 0. The molecule has 1 saturated heterocycles. The predicted molar refractivity (Wildman–Crippen MR) is 31.5 cm³/mol. The fraction of sp³-hybridized carbons (Fsp3) is 1.00. The van der Waals surface area contributed by atoms with Crippen molar-refractivity contribution in [1.82, 2.24) is 10.6 Å². The second-order valence-corrected chi connectivity index (χ2v) is 2.19. The van der Waals surface area contributed by atoms with Crippen LogP contribution in [0.4, 0.5) is 0 Å². The van der Waals surface area contributed by atoms with E-state index >= 15 is 0 Å². The molecule has 0 radical (unpaired) electrons. The van der Waals surface area contributed by atoms with Crippen molar-refractivity contribution in [2.75, 3.05) is 13.1 Å². The molecule has 0 aliphatic carbocycles. The Hall–Kier alpha value is -0.120. The molecule has 0 amide bonds. The van der Waals surface area contributed by atoms with Crippen molar-refractivity contribution >= 4 is 0 Å². The molecule has 0 spiro atoms. The second-order valence-electron chi connectivity index (χ2n) is 2.19. The van der Waals surface area contributed by atoms with Crippen molar-refractivity contribution in [2.24, 2.45) is 0 Å².